The number of likely N-dealkylation sites (tertiary alicyclic amines) is 1. The zero-order valence-electron chi connectivity index (χ0n) is 22.8. The normalized spacial score (nSPS) is 35.4. The lowest BCUT2D eigenvalue weighted by Gasteiger charge is -2.57. The van der Waals surface area contributed by atoms with E-state index in [1.807, 2.05) is 37.3 Å². The van der Waals surface area contributed by atoms with E-state index in [1.165, 1.54) is 38.5 Å². The Morgan fingerprint density at radius 3 is 2.37 bits per heavy atom. The van der Waals surface area contributed by atoms with Crippen molar-refractivity contribution in [2.75, 3.05) is 13.2 Å². The number of hydrogen-bond acceptors (Lipinski definition) is 4. The van der Waals surface area contributed by atoms with Gasteiger partial charge in [0.1, 0.15) is 5.41 Å². The highest BCUT2D eigenvalue weighted by Gasteiger charge is 2.55. The Morgan fingerprint density at radius 1 is 1.03 bits per heavy atom. The molecule has 2 atom stereocenters. The minimum absolute atomic E-state index is 0.0492. The number of carbonyl (C=O) groups is 3. The Kier molecular flexibility index (Phi) is 6.86. The second-order valence-corrected chi connectivity index (χ2v) is 13.0. The van der Waals surface area contributed by atoms with E-state index in [0.29, 0.717) is 26.0 Å². The third kappa shape index (κ3) is 4.69. The number of esters is 1. The molecule has 4 bridgehead atoms. The zero-order valence-corrected chi connectivity index (χ0v) is 22.8. The van der Waals surface area contributed by atoms with Gasteiger partial charge in [-0.15, -0.1) is 0 Å². The Hall–Kier alpha value is -2.63. The van der Waals surface area contributed by atoms with E-state index < -0.39 is 11.3 Å². The summed E-state index contributed by atoms with van der Waals surface area (Å²) in [5, 5.41) is 3.27. The van der Waals surface area contributed by atoms with Crippen molar-refractivity contribution in [2.45, 2.75) is 84.1 Å². The van der Waals surface area contributed by atoms with Crippen LogP contribution in [0.2, 0.25) is 0 Å². The van der Waals surface area contributed by atoms with Crippen molar-refractivity contribution in [2.24, 2.45) is 34.5 Å². The molecule has 0 spiro atoms. The van der Waals surface area contributed by atoms with Gasteiger partial charge in [0, 0.05) is 24.6 Å². The summed E-state index contributed by atoms with van der Waals surface area (Å²) in [6.45, 7) is 3.26. The lowest BCUT2D eigenvalue weighted by Crippen LogP contribution is -2.54. The topological polar surface area (TPSA) is 75.7 Å². The first-order chi connectivity index (χ1) is 18.4. The van der Waals surface area contributed by atoms with Crippen LogP contribution in [0, 0.1) is 34.5 Å². The molecule has 6 aliphatic rings. The molecule has 0 unspecified atom stereocenters. The average molecular weight is 519 g/mol. The van der Waals surface area contributed by atoms with Gasteiger partial charge in [-0.2, -0.15) is 0 Å². The van der Waals surface area contributed by atoms with Crippen LogP contribution in [0.5, 0.6) is 0 Å². The fourth-order valence-corrected chi connectivity index (χ4v) is 9.12. The van der Waals surface area contributed by atoms with E-state index >= 15 is 0 Å². The summed E-state index contributed by atoms with van der Waals surface area (Å²) in [6, 6.07) is 9.90. The summed E-state index contributed by atoms with van der Waals surface area (Å²) in [6.07, 6.45) is 12.8. The molecule has 5 aliphatic carbocycles. The number of ether oxygens (including phenoxy) is 1. The van der Waals surface area contributed by atoms with Crippen molar-refractivity contribution in [3.8, 4) is 0 Å². The second-order valence-electron chi connectivity index (χ2n) is 13.0. The summed E-state index contributed by atoms with van der Waals surface area (Å²) in [4.78, 5) is 42.5. The fraction of sp³-hybridized carbons (Fsp3) is 0.656. The number of piperidine rings is 1. The van der Waals surface area contributed by atoms with Gasteiger partial charge in [-0.3, -0.25) is 14.4 Å². The predicted octanol–water partition coefficient (Wildman–Crippen LogP) is 5.38. The van der Waals surface area contributed by atoms with E-state index in [0.717, 1.165) is 48.4 Å². The smallest absolute Gasteiger partial charge is 0.318 e. The highest BCUT2D eigenvalue weighted by atomic mass is 16.5. The van der Waals surface area contributed by atoms with Gasteiger partial charge in [0.15, 0.2) is 0 Å². The van der Waals surface area contributed by atoms with E-state index in [2.05, 4.69) is 11.4 Å². The first-order valence-corrected chi connectivity index (χ1v) is 14.9. The van der Waals surface area contributed by atoms with Crippen LogP contribution in [0.15, 0.2) is 42.1 Å². The molecular weight excluding hydrogens is 476 g/mol. The minimum Gasteiger partial charge on any atom is -0.465 e. The molecular formula is C32H42N2O4. The fourth-order valence-electron chi connectivity index (χ4n) is 9.12. The number of carbonyl (C=O) groups excluding carboxylic acids is 3. The van der Waals surface area contributed by atoms with Crippen molar-refractivity contribution >= 4 is 17.8 Å². The number of fused-ring (bicyclic) bond motifs is 1. The number of allylic oxidation sites excluding steroid dienone is 1. The van der Waals surface area contributed by atoms with Gasteiger partial charge in [0.05, 0.1) is 13.2 Å². The average Bonchev–Trinajstić information content (AvgIpc) is 2.90. The second kappa shape index (κ2) is 10.2. The van der Waals surface area contributed by atoms with Crippen molar-refractivity contribution in [1.82, 2.24) is 10.2 Å². The van der Waals surface area contributed by atoms with Crippen LogP contribution in [0.1, 0.15) is 83.1 Å². The number of amides is 2. The molecule has 204 valence electrons. The Labute approximate surface area is 226 Å². The standard InChI is InChI=1S/C32H42N2O4/c1-2-38-30(37)32-11-7-6-10-27(32)34(20-22-8-4-3-5-9-22)29(36)26(19-32)15-28(35)33-21-31-16-23-12-24(17-31)14-25(13-23)18-31/h3-5,8-10,23-26H,2,6-7,11-21H2,1H3,(H,33,35)/t23?,24?,25?,26-,31?,32+/m1/s1. The lowest BCUT2D eigenvalue weighted by atomic mass is 9.49. The van der Waals surface area contributed by atoms with E-state index in [9.17, 15) is 14.4 Å². The summed E-state index contributed by atoms with van der Waals surface area (Å²) >= 11 is 0. The molecule has 1 aromatic rings. The molecule has 1 aromatic carbocycles. The third-order valence-corrected chi connectivity index (χ3v) is 10.2. The van der Waals surface area contributed by atoms with Crippen LogP contribution in [0.3, 0.4) is 0 Å². The van der Waals surface area contributed by atoms with Crippen molar-refractivity contribution in [3.63, 3.8) is 0 Å². The highest BCUT2D eigenvalue weighted by molar-refractivity contribution is 5.92. The molecule has 2 amide bonds. The minimum atomic E-state index is -0.859. The molecule has 5 fully saturated rings. The summed E-state index contributed by atoms with van der Waals surface area (Å²) < 4.78 is 5.60. The highest BCUT2D eigenvalue weighted by Crippen LogP contribution is 2.59. The number of nitrogens with zero attached hydrogens (tertiary/aromatic N) is 1. The van der Waals surface area contributed by atoms with E-state index in [4.69, 9.17) is 4.74 Å². The molecule has 1 heterocycles. The predicted molar refractivity (Wildman–Crippen MR) is 144 cm³/mol. The van der Waals surface area contributed by atoms with Crippen LogP contribution in [0.4, 0.5) is 0 Å². The molecule has 1 saturated heterocycles. The Bertz CT molecular complexity index is 1080. The SMILES string of the molecule is CCOC(=O)[C@]12CCCC=C1N(Cc1ccccc1)C(=O)[C@H](CC(=O)NCC13CC4CC(CC(C4)C1)C3)C2. The Morgan fingerprint density at radius 2 is 1.71 bits per heavy atom. The molecule has 1 aliphatic heterocycles. The molecule has 6 nitrogen and oxygen atoms in total. The van der Waals surface area contributed by atoms with Crippen molar-refractivity contribution < 1.29 is 19.1 Å². The number of benzene rings is 1. The third-order valence-electron chi connectivity index (χ3n) is 10.2. The lowest BCUT2D eigenvalue weighted by molar-refractivity contribution is -0.162. The summed E-state index contributed by atoms with van der Waals surface area (Å²) in [7, 11) is 0. The van der Waals surface area contributed by atoms with Crippen molar-refractivity contribution in [3.05, 3.63) is 47.7 Å². The zero-order chi connectivity index (χ0) is 26.3. The Balaban J connectivity index is 1.20. The summed E-state index contributed by atoms with van der Waals surface area (Å²) in [5.74, 6) is 1.62. The van der Waals surface area contributed by atoms with Crippen LogP contribution in [0.25, 0.3) is 0 Å². The van der Waals surface area contributed by atoms with Gasteiger partial charge in [-0.25, -0.2) is 0 Å². The van der Waals surface area contributed by atoms with Gasteiger partial charge in [0.25, 0.3) is 0 Å². The maximum Gasteiger partial charge on any atom is 0.318 e. The van der Waals surface area contributed by atoms with Gasteiger partial charge in [0.2, 0.25) is 11.8 Å². The van der Waals surface area contributed by atoms with Crippen molar-refractivity contribution in [1.29, 1.82) is 0 Å². The number of nitrogens with one attached hydrogen (secondary N) is 1. The largest absolute Gasteiger partial charge is 0.465 e. The van der Waals surface area contributed by atoms with Gasteiger partial charge in [-0.05, 0) is 99.9 Å². The van der Waals surface area contributed by atoms with Gasteiger partial charge >= 0.3 is 5.97 Å². The van der Waals surface area contributed by atoms with Crippen LogP contribution >= 0.6 is 0 Å². The van der Waals surface area contributed by atoms with Crippen LogP contribution < -0.4 is 5.32 Å². The van der Waals surface area contributed by atoms with Gasteiger partial charge < -0.3 is 15.0 Å². The first-order valence-electron chi connectivity index (χ1n) is 14.9. The molecule has 38 heavy (non-hydrogen) atoms. The quantitative estimate of drug-likeness (QED) is 0.469. The molecule has 0 aromatic heterocycles. The maximum atomic E-state index is 13.9. The molecule has 1 N–H and O–H groups in total. The van der Waals surface area contributed by atoms with Crippen LogP contribution in [-0.2, 0) is 25.7 Å². The molecule has 6 heteroatoms. The van der Waals surface area contributed by atoms with E-state index in [-0.39, 0.29) is 29.6 Å². The monoisotopic (exact) mass is 518 g/mol. The number of hydrogen-bond donors (Lipinski definition) is 1. The van der Waals surface area contributed by atoms with Crippen LogP contribution in [-0.4, -0.2) is 35.8 Å². The maximum absolute atomic E-state index is 13.9. The summed E-state index contributed by atoms with van der Waals surface area (Å²) in [5.41, 5.74) is 1.19. The van der Waals surface area contributed by atoms with Gasteiger partial charge in [-0.1, -0.05) is 36.4 Å². The molecule has 4 saturated carbocycles. The number of rotatable bonds is 8. The molecule has 7 rings (SSSR count). The van der Waals surface area contributed by atoms with E-state index in [1.54, 1.807) is 4.90 Å². The molecule has 0 radical (unpaired) electrons. The first kappa shape index (κ1) is 25.6.